The van der Waals surface area contributed by atoms with Crippen LogP contribution < -0.4 is 5.73 Å². The van der Waals surface area contributed by atoms with Crippen molar-refractivity contribution in [3.63, 3.8) is 0 Å². The molecular formula is C8H13N3S. The van der Waals surface area contributed by atoms with E-state index in [2.05, 4.69) is 9.97 Å². The van der Waals surface area contributed by atoms with Gasteiger partial charge in [-0.3, -0.25) is 0 Å². The smallest absolute Gasteiger partial charge is 0.126 e. The Balaban J connectivity index is 2.94. The third-order valence-electron chi connectivity index (χ3n) is 1.55. The molecule has 0 aliphatic carbocycles. The van der Waals surface area contributed by atoms with Gasteiger partial charge in [-0.25, -0.2) is 9.97 Å². The Bertz CT molecular complexity index is 262. The number of nitrogens with two attached hydrogens (primary N) is 1. The lowest BCUT2D eigenvalue weighted by molar-refractivity contribution is 0.863. The topological polar surface area (TPSA) is 51.8 Å². The molecule has 1 heterocycles. The van der Waals surface area contributed by atoms with Crippen LogP contribution in [0.2, 0.25) is 0 Å². The van der Waals surface area contributed by atoms with Gasteiger partial charge in [0.25, 0.3) is 0 Å². The van der Waals surface area contributed by atoms with Gasteiger partial charge in [0.05, 0.1) is 0 Å². The molecule has 2 N–H and O–H groups in total. The Morgan fingerprint density at radius 2 is 2.33 bits per heavy atom. The molecule has 0 saturated carbocycles. The summed E-state index contributed by atoms with van der Waals surface area (Å²) >= 11 is 1.64. The minimum atomic E-state index is 0.653. The monoisotopic (exact) mass is 183 g/mol. The second-order valence-corrected chi connectivity index (χ2v) is 3.29. The average molecular weight is 183 g/mol. The zero-order valence-electron chi connectivity index (χ0n) is 7.37. The van der Waals surface area contributed by atoms with Crippen molar-refractivity contribution in [2.45, 2.75) is 18.4 Å². The van der Waals surface area contributed by atoms with Crippen molar-refractivity contribution in [1.82, 2.24) is 9.97 Å². The lowest BCUT2D eigenvalue weighted by Crippen LogP contribution is -2.05. The van der Waals surface area contributed by atoms with Crippen LogP contribution in [-0.2, 0) is 6.42 Å². The van der Waals surface area contributed by atoms with E-state index in [9.17, 15) is 0 Å². The molecular weight excluding hydrogens is 170 g/mol. The number of aromatic nitrogens is 2. The molecule has 1 rings (SSSR count). The molecule has 0 aliphatic heterocycles. The molecule has 0 amide bonds. The summed E-state index contributed by atoms with van der Waals surface area (Å²) in [5.74, 6) is 0.820. The van der Waals surface area contributed by atoms with E-state index in [4.69, 9.17) is 5.73 Å². The van der Waals surface area contributed by atoms with E-state index < -0.39 is 0 Å². The number of aryl methyl sites for hydroxylation is 1. The Morgan fingerprint density at radius 1 is 1.58 bits per heavy atom. The van der Waals surface area contributed by atoms with Crippen molar-refractivity contribution in [1.29, 1.82) is 0 Å². The maximum atomic E-state index is 5.46. The average Bonchev–Trinajstić information content (AvgIpc) is 2.08. The molecule has 0 saturated heterocycles. The molecule has 66 valence electrons. The van der Waals surface area contributed by atoms with Gasteiger partial charge >= 0.3 is 0 Å². The van der Waals surface area contributed by atoms with Crippen LogP contribution in [-0.4, -0.2) is 22.8 Å². The summed E-state index contributed by atoms with van der Waals surface area (Å²) in [5, 5.41) is 1.05. The van der Waals surface area contributed by atoms with Crippen LogP contribution in [0.25, 0.3) is 0 Å². The van der Waals surface area contributed by atoms with E-state index in [-0.39, 0.29) is 0 Å². The first-order valence-corrected chi connectivity index (χ1v) is 5.07. The van der Waals surface area contributed by atoms with Gasteiger partial charge in [0.1, 0.15) is 10.9 Å². The summed E-state index contributed by atoms with van der Waals surface area (Å²) in [6.45, 7) is 2.55. The molecule has 0 fully saturated rings. The largest absolute Gasteiger partial charge is 0.330 e. The summed E-state index contributed by atoms with van der Waals surface area (Å²) in [6.07, 6.45) is 4.74. The van der Waals surface area contributed by atoms with Crippen LogP contribution >= 0.6 is 11.8 Å². The molecule has 4 heteroatoms. The molecule has 1 aromatic rings. The predicted octanol–water partition coefficient (Wildman–Crippen LogP) is 1.01. The van der Waals surface area contributed by atoms with E-state index in [1.54, 1.807) is 11.8 Å². The van der Waals surface area contributed by atoms with E-state index >= 15 is 0 Å². The van der Waals surface area contributed by atoms with Crippen LogP contribution in [0.1, 0.15) is 11.4 Å². The fourth-order valence-corrected chi connectivity index (χ4v) is 1.62. The quantitative estimate of drug-likeness (QED) is 0.561. The first-order valence-electron chi connectivity index (χ1n) is 3.84. The highest BCUT2D eigenvalue weighted by molar-refractivity contribution is 7.98. The van der Waals surface area contributed by atoms with Gasteiger partial charge in [-0.1, -0.05) is 0 Å². The lowest BCUT2D eigenvalue weighted by atomic mass is 10.2. The van der Waals surface area contributed by atoms with Crippen LogP contribution in [0.4, 0.5) is 0 Å². The second kappa shape index (κ2) is 4.42. The summed E-state index contributed by atoms with van der Waals surface area (Å²) in [5.41, 5.74) is 6.61. The number of hydrogen-bond acceptors (Lipinski definition) is 4. The molecule has 3 nitrogen and oxygen atoms in total. The highest BCUT2D eigenvalue weighted by atomic mass is 32.2. The minimum absolute atomic E-state index is 0.653. The molecule has 12 heavy (non-hydrogen) atoms. The Morgan fingerprint density at radius 3 is 2.92 bits per heavy atom. The van der Waals surface area contributed by atoms with E-state index in [0.717, 1.165) is 22.8 Å². The molecule has 0 spiro atoms. The zero-order chi connectivity index (χ0) is 8.97. The van der Waals surface area contributed by atoms with Crippen molar-refractivity contribution in [2.75, 3.05) is 12.8 Å². The fraction of sp³-hybridized carbons (Fsp3) is 0.500. The number of thioether (sulfide) groups is 1. The third kappa shape index (κ3) is 2.19. The number of nitrogens with zero attached hydrogens (tertiary/aromatic N) is 2. The zero-order valence-corrected chi connectivity index (χ0v) is 8.19. The molecule has 0 bridgehead atoms. The van der Waals surface area contributed by atoms with Gasteiger partial charge in [0.15, 0.2) is 0 Å². The fourth-order valence-electron chi connectivity index (χ4n) is 0.978. The van der Waals surface area contributed by atoms with E-state index in [1.165, 1.54) is 0 Å². The van der Waals surface area contributed by atoms with Crippen molar-refractivity contribution in [3.8, 4) is 0 Å². The maximum Gasteiger partial charge on any atom is 0.126 e. The van der Waals surface area contributed by atoms with Gasteiger partial charge in [-0.05, 0) is 26.1 Å². The number of hydrogen-bond donors (Lipinski definition) is 1. The SMILES string of the molecule is CSc1nc(C)ncc1CCN. The van der Waals surface area contributed by atoms with Gasteiger partial charge < -0.3 is 5.73 Å². The van der Waals surface area contributed by atoms with E-state index in [0.29, 0.717) is 6.54 Å². The summed E-state index contributed by atoms with van der Waals surface area (Å²) in [6, 6.07) is 0. The van der Waals surface area contributed by atoms with Crippen molar-refractivity contribution >= 4 is 11.8 Å². The maximum absolute atomic E-state index is 5.46. The Hall–Kier alpha value is -0.610. The second-order valence-electron chi connectivity index (χ2n) is 2.49. The normalized spacial score (nSPS) is 10.2. The van der Waals surface area contributed by atoms with Gasteiger partial charge in [0, 0.05) is 11.8 Å². The molecule has 1 aromatic heterocycles. The van der Waals surface area contributed by atoms with Gasteiger partial charge in [0.2, 0.25) is 0 Å². The van der Waals surface area contributed by atoms with Gasteiger partial charge in [-0.2, -0.15) is 0 Å². The summed E-state index contributed by atoms with van der Waals surface area (Å²) in [7, 11) is 0. The lowest BCUT2D eigenvalue weighted by Gasteiger charge is -2.04. The highest BCUT2D eigenvalue weighted by Gasteiger charge is 2.02. The minimum Gasteiger partial charge on any atom is -0.330 e. The molecule has 0 aromatic carbocycles. The standard InChI is InChI=1S/C8H13N3S/c1-6-10-5-7(3-4-9)8(11-6)12-2/h5H,3-4,9H2,1-2H3. The van der Waals surface area contributed by atoms with Gasteiger partial charge in [-0.15, -0.1) is 11.8 Å². The van der Waals surface area contributed by atoms with E-state index in [1.807, 2.05) is 19.4 Å². The summed E-state index contributed by atoms with van der Waals surface area (Å²) < 4.78 is 0. The van der Waals surface area contributed by atoms with Crippen LogP contribution in [0.15, 0.2) is 11.2 Å². The van der Waals surface area contributed by atoms with Crippen LogP contribution in [0.5, 0.6) is 0 Å². The van der Waals surface area contributed by atoms with Crippen molar-refractivity contribution in [2.24, 2.45) is 5.73 Å². The van der Waals surface area contributed by atoms with Crippen molar-refractivity contribution in [3.05, 3.63) is 17.6 Å². The van der Waals surface area contributed by atoms with Crippen LogP contribution in [0.3, 0.4) is 0 Å². The third-order valence-corrected chi connectivity index (χ3v) is 2.29. The highest BCUT2D eigenvalue weighted by Crippen LogP contribution is 2.16. The first-order chi connectivity index (χ1) is 5.77. The Kier molecular flexibility index (Phi) is 3.49. The molecule has 0 unspecified atom stereocenters. The van der Waals surface area contributed by atoms with Crippen molar-refractivity contribution < 1.29 is 0 Å². The molecule has 0 radical (unpaired) electrons. The number of rotatable bonds is 3. The first kappa shape index (κ1) is 9.48. The molecule has 0 atom stereocenters. The Labute approximate surface area is 76.8 Å². The molecule has 0 aliphatic rings. The predicted molar refractivity (Wildman–Crippen MR) is 51.3 cm³/mol. The summed E-state index contributed by atoms with van der Waals surface area (Å²) in [4.78, 5) is 8.43. The van der Waals surface area contributed by atoms with Crippen LogP contribution in [0, 0.1) is 6.92 Å².